The molecule has 2 fully saturated rings. The fourth-order valence-electron chi connectivity index (χ4n) is 5.17. The first-order valence-electron chi connectivity index (χ1n) is 12.8. The Kier molecular flexibility index (Phi) is 7.76. The fourth-order valence-corrected chi connectivity index (χ4v) is 6.23. The van der Waals surface area contributed by atoms with Crippen molar-refractivity contribution in [3.05, 3.63) is 53.3 Å². The standard InChI is InChI=1S/C27H32N6O3S/c1-17-9-11-28-24(13-17)32-23-4-2-3-21(31-23)22-14-29-26(37-22)18-5-7-19(8-6-18)27(36)33-12-10-20(15-33)30-25(35)16-34/h2-4,9,11,13-14,18-20,34H,5-8,10,12,15-16H2,1H3,(H,30,35)(H,28,31,32)/t18-,19-,20?. The van der Waals surface area contributed by atoms with E-state index in [4.69, 9.17) is 15.1 Å². The van der Waals surface area contributed by atoms with Crippen LogP contribution in [0.25, 0.3) is 10.6 Å². The van der Waals surface area contributed by atoms with E-state index in [-0.39, 0.29) is 23.8 Å². The molecule has 10 heteroatoms. The average Bonchev–Trinajstić information content (AvgIpc) is 3.59. The molecule has 3 aromatic heterocycles. The molecule has 3 aromatic rings. The molecule has 1 unspecified atom stereocenters. The summed E-state index contributed by atoms with van der Waals surface area (Å²) in [6.07, 6.45) is 8.00. The molecule has 2 amide bonds. The van der Waals surface area contributed by atoms with E-state index in [9.17, 15) is 9.59 Å². The number of likely N-dealkylation sites (tertiary alicyclic amines) is 1. The maximum absolute atomic E-state index is 13.0. The van der Waals surface area contributed by atoms with Crippen molar-refractivity contribution in [1.82, 2.24) is 25.2 Å². The van der Waals surface area contributed by atoms with Crippen LogP contribution in [0.2, 0.25) is 0 Å². The number of amides is 2. The van der Waals surface area contributed by atoms with E-state index in [1.807, 2.05) is 48.4 Å². The van der Waals surface area contributed by atoms with Gasteiger partial charge < -0.3 is 20.6 Å². The van der Waals surface area contributed by atoms with Crippen LogP contribution in [0, 0.1) is 12.8 Å². The summed E-state index contributed by atoms with van der Waals surface area (Å²) in [7, 11) is 0. The van der Waals surface area contributed by atoms with Gasteiger partial charge in [-0.2, -0.15) is 0 Å². The number of hydrogen-bond acceptors (Lipinski definition) is 8. The predicted octanol–water partition coefficient (Wildman–Crippen LogP) is 3.64. The van der Waals surface area contributed by atoms with Gasteiger partial charge in [0, 0.05) is 43.4 Å². The van der Waals surface area contributed by atoms with Crippen molar-refractivity contribution in [2.45, 2.75) is 51.0 Å². The van der Waals surface area contributed by atoms with Gasteiger partial charge in [0.1, 0.15) is 18.2 Å². The van der Waals surface area contributed by atoms with Crippen molar-refractivity contribution in [2.24, 2.45) is 5.92 Å². The molecular formula is C27H32N6O3S. The van der Waals surface area contributed by atoms with Crippen molar-refractivity contribution < 1.29 is 14.7 Å². The minimum Gasteiger partial charge on any atom is -0.387 e. The number of anilines is 2. The number of aliphatic hydroxyl groups excluding tert-OH is 1. The van der Waals surface area contributed by atoms with Crippen LogP contribution >= 0.6 is 11.3 Å². The second kappa shape index (κ2) is 11.4. The van der Waals surface area contributed by atoms with E-state index in [0.717, 1.165) is 64.9 Å². The Balaban J connectivity index is 1.16. The summed E-state index contributed by atoms with van der Waals surface area (Å²) in [5.41, 5.74) is 2.01. The molecular weight excluding hydrogens is 488 g/mol. The van der Waals surface area contributed by atoms with Crippen molar-refractivity contribution in [3.63, 3.8) is 0 Å². The van der Waals surface area contributed by atoms with E-state index in [1.165, 1.54) is 0 Å². The Bertz CT molecular complexity index is 1260. The zero-order chi connectivity index (χ0) is 25.8. The lowest BCUT2D eigenvalue weighted by Crippen LogP contribution is -2.41. The quantitative estimate of drug-likeness (QED) is 0.435. The molecule has 1 aliphatic heterocycles. The number of nitrogens with one attached hydrogen (secondary N) is 2. The molecule has 9 nitrogen and oxygen atoms in total. The predicted molar refractivity (Wildman–Crippen MR) is 143 cm³/mol. The number of carbonyl (C=O) groups is 2. The van der Waals surface area contributed by atoms with E-state index in [1.54, 1.807) is 17.5 Å². The number of hydrogen-bond donors (Lipinski definition) is 3. The molecule has 3 N–H and O–H groups in total. The van der Waals surface area contributed by atoms with Crippen LogP contribution in [-0.2, 0) is 9.59 Å². The molecule has 5 rings (SSSR count). The molecule has 4 heterocycles. The number of aromatic nitrogens is 3. The third kappa shape index (κ3) is 6.14. The average molecular weight is 521 g/mol. The molecule has 1 aliphatic carbocycles. The first kappa shape index (κ1) is 25.3. The summed E-state index contributed by atoms with van der Waals surface area (Å²) in [6.45, 7) is 2.70. The zero-order valence-corrected chi connectivity index (χ0v) is 21.7. The van der Waals surface area contributed by atoms with Gasteiger partial charge >= 0.3 is 0 Å². The molecule has 0 bridgehead atoms. The van der Waals surface area contributed by atoms with Gasteiger partial charge in [0.15, 0.2) is 0 Å². The number of carbonyl (C=O) groups excluding carboxylic acids is 2. The second-order valence-electron chi connectivity index (χ2n) is 9.86. The van der Waals surface area contributed by atoms with E-state index in [0.29, 0.717) is 19.0 Å². The molecule has 0 radical (unpaired) electrons. The summed E-state index contributed by atoms with van der Waals surface area (Å²) in [4.78, 5) is 41.2. The number of nitrogens with zero attached hydrogens (tertiary/aromatic N) is 4. The lowest BCUT2D eigenvalue weighted by atomic mass is 9.81. The molecule has 37 heavy (non-hydrogen) atoms. The lowest BCUT2D eigenvalue weighted by molar-refractivity contribution is -0.136. The third-order valence-electron chi connectivity index (χ3n) is 7.13. The monoisotopic (exact) mass is 520 g/mol. The van der Waals surface area contributed by atoms with Gasteiger partial charge in [-0.15, -0.1) is 11.3 Å². The summed E-state index contributed by atoms with van der Waals surface area (Å²) >= 11 is 1.68. The summed E-state index contributed by atoms with van der Waals surface area (Å²) < 4.78 is 0. The largest absolute Gasteiger partial charge is 0.387 e. The van der Waals surface area contributed by atoms with Crippen LogP contribution in [-0.4, -0.2) is 62.5 Å². The topological polar surface area (TPSA) is 120 Å². The van der Waals surface area contributed by atoms with Crippen molar-refractivity contribution >= 4 is 34.8 Å². The summed E-state index contributed by atoms with van der Waals surface area (Å²) in [5.74, 6) is 1.70. The van der Waals surface area contributed by atoms with Gasteiger partial charge in [0.05, 0.1) is 15.6 Å². The van der Waals surface area contributed by atoms with Crippen LogP contribution < -0.4 is 10.6 Å². The Hall–Kier alpha value is -3.37. The number of aliphatic hydroxyl groups is 1. The molecule has 1 saturated carbocycles. The van der Waals surface area contributed by atoms with Gasteiger partial charge in [-0.25, -0.2) is 15.0 Å². The zero-order valence-electron chi connectivity index (χ0n) is 20.9. The van der Waals surface area contributed by atoms with Crippen LogP contribution in [0.1, 0.15) is 48.6 Å². The van der Waals surface area contributed by atoms with Crippen LogP contribution in [0.4, 0.5) is 11.6 Å². The molecule has 194 valence electrons. The third-order valence-corrected chi connectivity index (χ3v) is 8.31. The number of thiazole rings is 1. The highest BCUT2D eigenvalue weighted by Gasteiger charge is 2.34. The van der Waals surface area contributed by atoms with Gasteiger partial charge in [-0.3, -0.25) is 9.59 Å². The molecule has 1 atom stereocenters. The van der Waals surface area contributed by atoms with E-state index >= 15 is 0 Å². The SMILES string of the molecule is Cc1ccnc(Nc2cccc(-c3cnc([C@H]4CC[C@H](C(=O)N5CCC(NC(=O)CO)C5)CC4)s3)n2)c1. The minimum atomic E-state index is -0.518. The van der Waals surface area contributed by atoms with Gasteiger partial charge in [-0.05, 0) is 68.9 Å². The normalized spacial score (nSPS) is 21.6. The number of aryl methyl sites for hydroxylation is 1. The van der Waals surface area contributed by atoms with E-state index in [2.05, 4.69) is 15.6 Å². The van der Waals surface area contributed by atoms with Gasteiger partial charge in [-0.1, -0.05) is 6.07 Å². The Morgan fingerprint density at radius 1 is 1.11 bits per heavy atom. The molecule has 1 saturated heterocycles. The molecule has 2 aliphatic rings. The first-order chi connectivity index (χ1) is 18.0. The highest BCUT2D eigenvalue weighted by atomic mass is 32.1. The maximum atomic E-state index is 13.0. The van der Waals surface area contributed by atoms with E-state index < -0.39 is 6.61 Å². The molecule has 0 aromatic carbocycles. The Labute approximate surface area is 220 Å². The highest BCUT2D eigenvalue weighted by Crippen LogP contribution is 2.40. The highest BCUT2D eigenvalue weighted by molar-refractivity contribution is 7.15. The van der Waals surface area contributed by atoms with Crippen molar-refractivity contribution in [3.8, 4) is 10.6 Å². The van der Waals surface area contributed by atoms with Crippen LogP contribution in [0.15, 0.2) is 42.7 Å². The van der Waals surface area contributed by atoms with Crippen molar-refractivity contribution in [1.29, 1.82) is 0 Å². The first-order valence-corrected chi connectivity index (χ1v) is 13.6. The second-order valence-corrected chi connectivity index (χ2v) is 10.9. The Morgan fingerprint density at radius 3 is 2.73 bits per heavy atom. The summed E-state index contributed by atoms with van der Waals surface area (Å²) in [6, 6.07) is 9.78. The lowest BCUT2D eigenvalue weighted by Gasteiger charge is -2.29. The Morgan fingerprint density at radius 2 is 1.95 bits per heavy atom. The van der Waals surface area contributed by atoms with Crippen molar-refractivity contribution in [2.75, 3.05) is 25.0 Å². The van der Waals surface area contributed by atoms with Gasteiger partial charge in [0.2, 0.25) is 11.8 Å². The summed E-state index contributed by atoms with van der Waals surface area (Å²) in [5, 5.41) is 16.1. The van der Waals surface area contributed by atoms with Crippen LogP contribution in [0.3, 0.4) is 0 Å². The smallest absolute Gasteiger partial charge is 0.245 e. The number of rotatable bonds is 7. The maximum Gasteiger partial charge on any atom is 0.245 e. The molecule has 0 spiro atoms. The minimum absolute atomic E-state index is 0.0302. The fraction of sp³-hybridized carbons (Fsp3) is 0.444. The van der Waals surface area contributed by atoms with Gasteiger partial charge in [0.25, 0.3) is 0 Å². The number of pyridine rings is 2. The van der Waals surface area contributed by atoms with Crippen LogP contribution in [0.5, 0.6) is 0 Å².